The monoisotopic (exact) mass is 355 g/mol. The summed E-state index contributed by atoms with van der Waals surface area (Å²) in [7, 11) is 0. The summed E-state index contributed by atoms with van der Waals surface area (Å²) >= 11 is 3.50. The molecule has 0 aromatic rings. The molecular weight excluding hydrogens is 334 g/mol. The lowest BCUT2D eigenvalue weighted by molar-refractivity contribution is -0.309. The van der Waals surface area contributed by atoms with Crippen molar-refractivity contribution < 1.29 is 44.6 Å². The van der Waals surface area contributed by atoms with Crippen LogP contribution in [0.3, 0.4) is 0 Å². The molecule has 1 aliphatic heterocycles. The van der Waals surface area contributed by atoms with E-state index in [9.17, 15) is 30.0 Å². The maximum atomic E-state index is 11.5. The second kappa shape index (κ2) is 8.24. The van der Waals surface area contributed by atoms with Gasteiger partial charge in [-0.05, 0) is 6.92 Å². The van der Waals surface area contributed by atoms with Crippen molar-refractivity contribution in [1.29, 1.82) is 0 Å². The van der Waals surface area contributed by atoms with Gasteiger partial charge in [0.1, 0.15) is 18.3 Å². The zero-order chi connectivity index (χ0) is 17.8. The molecule has 0 aliphatic carbocycles. The Morgan fingerprint density at radius 2 is 2.09 bits per heavy atom. The third-order valence-corrected chi connectivity index (χ3v) is 3.61. The van der Waals surface area contributed by atoms with Gasteiger partial charge in [0.2, 0.25) is 0 Å². The average molecular weight is 355 g/mol. The van der Waals surface area contributed by atoms with Crippen LogP contribution >= 0.6 is 12.6 Å². The number of amides is 1. The van der Waals surface area contributed by atoms with E-state index in [1.165, 1.54) is 6.92 Å². The van der Waals surface area contributed by atoms with Crippen molar-refractivity contribution in [3.63, 3.8) is 0 Å². The SMILES string of the molecule is CCOC1(C(=O)O)CC(O)C(NC(=O)S)C(C(O)C(O)CO)O1. The third kappa shape index (κ3) is 4.53. The fourth-order valence-corrected chi connectivity index (χ4v) is 2.57. The molecule has 6 N–H and O–H groups in total. The minimum absolute atomic E-state index is 0.0615. The molecule has 10 nitrogen and oxygen atoms in total. The van der Waals surface area contributed by atoms with Gasteiger partial charge < -0.3 is 40.3 Å². The number of ether oxygens (including phenoxy) is 2. The molecule has 1 heterocycles. The Kier molecular flexibility index (Phi) is 7.20. The van der Waals surface area contributed by atoms with E-state index in [0.717, 1.165) is 0 Å². The fourth-order valence-electron chi connectivity index (χ4n) is 2.42. The highest BCUT2D eigenvalue weighted by molar-refractivity contribution is 7.96. The van der Waals surface area contributed by atoms with Crippen LogP contribution in [-0.4, -0.2) is 86.2 Å². The molecule has 1 aliphatic rings. The van der Waals surface area contributed by atoms with Crippen LogP contribution in [0, 0.1) is 0 Å². The summed E-state index contributed by atoms with van der Waals surface area (Å²) in [5.41, 5.74) is 0. The lowest BCUT2D eigenvalue weighted by atomic mass is 9.88. The predicted octanol–water partition coefficient (Wildman–Crippen LogP) is -2.32. The van der Waals surface area contributed by atoms with Gasteiger partial charge >= 0.3 is 5.97 Å². The van der Waals surface area contributed by atoms with E-state index in [1.54, 1.807) is 0 Å². The lowest BCUT2D eigenvalue weighted by Crippen LogP contribution is -2.67. The quantitative estimate of drug-likeness (QED) is 0.248. The molecule has 0 saturated carbocycles. The zero-order valence-corrected chi connectivity index (χ0v) is 13.2. The van der Waals surface area contributed by atoms with E-state index < -0.39 is 60.5 Å². The molecule has 1 amide bonds. The molecule has 23 heavy (non-hydrogen) atoms. The van der Waals surface area contributed by atoms with Crippen molar-refractivity contribution in [2.24, 2.45) is 0 Å². The van der Waals surface area contributed by atoms with Gasteiger partial charge in [-0.1, -0.05) is 12.6 Å². The maximum absolute atomic E-state index is 11.5. The Hall–Kier alpha value is -0.950. The van der Waals surface area contributed by atoms with Crippen LogP contribution in [-0.2, 0) is 14.3 Å². The Morgan fingerprint density at radius 3 is 2.52 bits per heavy atom. The topological polar surface area (TPSA) is 166 Å². The van der Waals surface area contributed by atoms with Crippen molar-refractivity contribution in [2.75, 3.05) is 13.2 Å². The molecule has 0 spiro atoms. The summed E-state index contributed by atoms with van der Waals surface area (Å²) in [5, 5.41) is 49.4. The van der Waals surface area contributed by atoms with Gasteiger partial charge in [-0.15, -0.1) is 0 Å². The van der Waals surface area contributed by atoms with E-state index in [0.29, 0.717) is 0 Å². The van der Waals surface area contributed by atoms with E-state index in [4.69, 9.17) is 14.6 Å². The van der Waals surface area contributed by atoms with Gasteiger partial charge in [0.15, 0.2) is 0 Å². The molecule has 0 bridgehead atoms. The van der Waals surface area contributed by atoms with Crippen LogP contribution in [0.2, 0.25) is 0 Å². The smallest absolute Gasteiger partial charge is 0.364 e. The molecule has 0 aromatic heterocycles. The number of carboxylic acids is 1. The minimum atomic E-state index is -2.26. The third-order valence-electron chi connectivity index (χ3n) is 3.48. The molecule has 6 atom stereocenters. The number of nitrogens with one attached hydrogen (secondary N) is 1. The molecule has 1 rings (SSSR count). The Balaban J connectivity index is 3.17. The van der Waals surface area contributed by atoms with Crippen LogP contribution in [0.15, 0.2) is 0 Å². The second-order valence-electron chi connectivity index (χ2n) is 5.06. The van der Waals surface area contributed by atoms with Crippen molar-refractivity contribution in [1.82, 2.24) is 5.32 Å². The molecule has 1 saturated heterocycles. The van der Waals surface area contributed by atoms with E-state index in [2.05, 4.69) is 17.9 Å². The highest BCUT2D eigenvalue weighted by atomic mass is 32.1. The number of rotatable bonds is 7. The Morgan fingerprint density at radius 1 is 1.48 bits per heavy atom. The van der Waals surface area contributed by atoms with Gasteiger partial charge in [0.25, 0.3) is 11.0 Å². The average Bonchev–Trinajstić information content (AvgIpc) is 2.47. The number of aliphatic hydroxyl groups is 4. The molecule has 1 fully saturated rings. The van der Waals surface area contributed by atoms with Crippen LogP contribution in [0.1, 0.15) is 13.3 Å². The van der Waals surface area contributed by atoms with Crippen LogP contribution in [0.4, 0.5) is 4.79 Å². The van der Waals surface area contributed by atoms with Crippen LogP contribution in [0.5, 0.6) is 0 Å². The summed E-state index contributed by atoms with van der Waals surface area (Å²) in [6.07, 6.45) is -7.02. The first-order valence-electron chi connectivity index (χ1n) is 6.88. The number of hydrogen-bond acceptors (Lipinski definition) is 8. The first-order valence-corrected chi connectivity index (χ1v) is 7.33. The summed E-state index contributed by atoms with van der Waals surface area (Å²) in [6, 6.07) is -1.26. The van der Waals surface area contributed by atoms with Crippen molar-refractivity contribution in [2.45, 2.75) is 49.6 Å². The molecule has 0 aromatic carbocycles. The summed E-state index contributed by atoms with van der Waals surface area (Å²) in [5.74, 6) is -3.79. The normalized spacial score (nSPS) is 33.7. The highest BCUT2D eigenvalue weighted by Gasteiger charge is 2.55. The Bertz CT molecular complexity index is 437. The first-order chi connectivity index (χ1) is 10.7. The highest BCUT2D eigenvalue weighted by Crippen LogP contribution is 2.33. The molecule has 0 radical (unpaired) electrons. The van der Waals surface area contributed by atoms with Crippen molar-refractivity contribution >= 4 is 23.8 Å². The van der Waals surface area contributed by atoms with Gasteiger partial charge in [-0.25, -0.2) is 4.79 Å². The molecular formula is C12H21NO9S. The number of aliphatic carboxylic acids is 1. The van der Waals surface area contributed by atoms with Gasteiger partial charge in [-0.2, -0.15) is 0 Å². The van der Waals surface area contributed by atoms with Crippen LogP contribution < -0.4 is 5.32 Å². The van der Waals surface area contributed by atoms with E-state index in [1.807, 2.05) is 0 Å². The number of aliphatic hydroxyl groups excluding tert-OH is 4. The number of carbonyl (C=O) groups is 2. The lowest BCUT2D eigenvalue weighted by Gasteiger charge is -2.46. The maximum Gasteiger partial charge on any atom is 0.364 e. The summed E-state index contributed by atoms with van der Waals surface area (Å²) in [6.45, 7) is 0.609. The summed E-state index contributed by atoms with van der Waals surface area (Å²) < 4.78 is 10.4. The summed E-state index contributed by atoms with van der Waals surface area (Å²) in [4.78, 5) is 22.6. The van der Waals surface area contributed by atoms with Crippen molar-refractivity contribution in [3.05, 3.63) is 0 Å². The van der Waals surface area contributed by atoms with Crippen molar-refractivity contribution in [3.8, 4) is 0 Å². The van der Waals surface area contributed by atoms with E-state index in [-0.39, 0.29) is 6.61 Å². The molecule has 134 valence electrons. The minimum Gasteiger partial charge on any atom is -0.477 e. The first kappa shape index (κ1) is 20.1. The van der Waals surface area contributed by atoms with Crippen LogP contribution in [0.25, 0.3) is 0 Å². The number of carbonyl (C=O) groups excluding carboxylic acids is 1. The van der Waals surface area contributed by atoms with Gasteiger partial charge in [0, 0.05) is 13.0 Å². The Labute approximate surface area is 137 Å². The van der Waals surface area contributed by atoms with E-state index >= 15 is 0 Å². The van der Waals surface area contributed by atoms with Gasteiger partial charge in [-0.3, -0.25) is 4.79 Å². The second-order valence-corrected chi connectivity index (χ2v) is 5.47. The number of carboxylic acid groups (broad SMARTS) is 1. The largest absolute Gasteiger partial charge is 0.477 e. The number of thiol groups is 1. The molecule has 6 unspecified atom stereocenters. The fraction of sp³-hybridized carbons (Fsp3) is 0.833. The zero-order valence-electron chi connectivity index (χ0n) is 12.3. The number of hydrogen-bond donors (Lipinski definition) is 7. The molecule has 11 heteroatoms. The predicted molar refractivity (Wildman–Crippen MR) is 77.9 cm³/mol. The van der Waals surface area contributed by atoms with Gasteiger partial charge in [0.05, 0.1) is 18.8 Å². The standard InChI is InChI=1S/C12H21NO9S/c1-2-21-12(10(18)19)3-5(15)7(13-11(20)23)9(22-12)8(17)6(16)4-14/h5-9,14-17H,2-4H2,1H3,(H,18,19)(H2,13,20,23).